The van der Waals surface area contributed by atoms with Crippen molar-refractivity contribution < 1.29 is 9.50 Å². The Labute approximate surface area is 123 Å². The first kappa shape index (κ1) is 16.4. The van der Waals surface area contributed by atoms with Crippen LogP contribution in [0.2, 0.25) is 0 Å². The molecule has 0 unspecified atom stereocenters. The van der Waals surface area contributed by atoms with Crippen LogP contribution in [0.1, 0.15) is 12.5 Å². The minimum absolute atomic E-state index is 0.0344. The van der Waals surface area contributed by atoms with Gasteiger partial charge in [0.05, 0.1) is 17.0 Å². The van der Waals surface area contributed by atoms with Crippen LogP contribution in [0.4, 0.5) is 4.39 Å². The van der Waals surface area contributed by atoms with Gasteiger partial charge in [-0.15, -0.1) is 0 Å². The highest BCUT2D eigenvalue weighted by Crippen LogP contribution is 2.18. The number of hydrogen-bond acceptors (Lipinski definition) is 3. The van der Waals surface area contributed by atoms with Crippen LogP contribution in [0.5, 0.6) is 5.75 Å². The normalized spacial score (nSPS) is 12.7. The zero-order valence-corrected chi connectivity index (χ0v) is 11.9. The van der Waals surface area contributed by atoms with Crippen LogP contribution in [0.3, 0.4) is 0 Å². The van der Waals surface area contributed by atoms with Crippen LogP contribution in [0, 0.1) is 5.82 Å². The molecule has 4 nitrogen and oxygen atoms in total. The molecular formula is C16H18FN3O. The van der Waals surface area contributed by atoms with Gasteiger partial charge in [-0.2, -0.15) is 0 Å². The van der Waals surface area contributed by atoms with Gasteiger partial charge in [-0.25, -0.2) is 9.38 Å². The van der Waals surface area contributed by atoms with Crippen LogP contribution in [0.15, 0.2) is 65.3 Å². The molecule has 110 valence electrons. The Balaban J connectivity index is 3.12. The van der Waals surface area contributed by atoms with Crippen molar-refractivity contribution in [3.05, 3.63) is 66.7 Å². The highest BCUT2D eigenvalue weighted by Gasteiger charge is 2.08. The van der Waals surface area contributed by atoms with E-state index in [0.29, 0.717) is 18.0 Å². The topological polar surface area (TPSA) is 71.0 Å². The van der Waals surface area contributed by atoms with Gasteiger partial charge in [0.25, 0.3) is 0 Å². The summed E-state index contributed by atoms with van der Waals surface area (Å²) in [5.41, 5.74) is 6.76. The third-order valence-corrected chi connectivity index (χ3v) is 2.50. The van der Waals surface area contributed by atoms with Gasteiger partial charge in [0.1, 0.15) is 17.4 Å². The maximum atomic E-state index is 13.2. The SMILES string of the molecule is C=C/C=C\C(=NCC)C(=C)N=C(N)c1cc(F)ccc1O. The van der Waals surface area contributed by atoms with E-state index < -0.39 is 5.82 Å². The van der Waals surface area contributed by atoms with Crippen molar-refractivity contribution in [1.29, 1.82) is 0 Å². The van der Waals surface area contributed by atoms with E-state index in [0.717, 1.165) is 12.1 Å². The van der Waals surface area contributed by atoms with Crippen molar-refractivity contribution in [2.24, 2.45) is 15.7 Å². The lowest BCUT2D eigenvalue weighted by Gasteiger charge is -2.06. The van der Waals surface area contributed by atoms with Crippen molar-refractivity contribution in [3.63, 3.8) is 0 Å². The number of rotatable bonds is 6. The molecule has 0 saturated carbocycles. The van der Waals surface area contributed by atoms with Gasteiger partial charge < -0.3 is 10.8 Å². The molecule has 3 N–H and O–H groups in total. The maximum absolute atomic E-state index is 13.2. The third-order valence-electron chi connectivity index (χ3n) is 2.50. The summed E-state index contributed by atoms with van der Waals surface area (Å²) < 4.78 is 13.2. The number of phenolic OH excluding ortho intramolecular Hbond substituents is 1. The van der Waals surface area contributed by atoms with E-state index in [1.165, 1.54) is 6.07 Å². The average molecular weight is 287 g/mol. The van der Waals surface area contributed by atoms with Gasteiger partial charge in [-0.05, 0) is 31.2 Å². The number of allylic oxidation sites excluding steroid dienone is 3. The molecule has 0 fully saturated rings. The maximum Gasteiger partial charge on any atom is 0.135 e. The molecule has 0 aliphatic heterocycles. The number of hydrogen-bond donors (Lipinski definition) is 2. The lowest BCUT2D eigenvalue weighted by Crippen LogP contribution is -2.15. The first-order valence-electron chi connectivity index (χ1n) is 6.35. The Bertz CT molecular complexity index is 630. The van der Waals surface area contributed by atoms with Gasteiger partial charge in [0.2, 0.25) is 0 Å². The number of aromatic hydroxyl groups is 1. The molecule has 1 aromatic rings. The number of aliphatic imine (C=N–C) groups is 2. The summed E-state index contributed by atoms with van der Waals surface area (Å²) in [4.78, 5) is 8.31. The fourth-order valence-electron chi connectivity index (χ4n) is 1.55. The fraction of sp³-hybridized carbons (Fsp3) is 0.125. The number of phenols is 1. The summed E-state index contributed by atoms with van der Waals surface area (Å²) in [6.07, 6.45) is 5.00. The highest BCUT2D eigenvalue weighted by molar-refractivity contribution is 6.11. The van der Waals surface area contributed by atoms with E-state index in [9.17, 15) is 9.50 Å². The third kappa shape index (κ3) is 4.72. The number of nitrogens with zero attached hydrogens (tertiary/aromatic N) is 2. The van der Waals surface area contributed by atoms with E-state index in [4.69, 9.17) is 5.73 Å². The van der Waals surface area contributed by atoms with Gasteiger partial charge in [0.15, 0.2) is 0 Å². The lowest BCUT2D eigenvalue weighted by molar-refractivity contribution is 0.472. The van der Waals surface area contributed by atoms with Gasteiger partial charge >= 0.3 is 0 Å². The Morgan fingerprint density at radius 3 is 2.81 bits per heavy atom. The molecule has 0 saturated heterocycles. The Morgan fingerprint density at radius 2 is 2.19 bits per heavy atom. The molecule has 5 heteroatoms. The molecule has 0 aliphatic carbocycles. The first-order valence-corrected chi connectivity index (χ1v) is 6.35. The van der Waals surface area contributed by atoms with Crippen molar-refractivity contribution >= 4 is 11.5 Å². The number of halogens is 1. The van der Waals surface area contributed by atoms with Crippen LogP contribution in [-0.4, -0.2) is 23.2 Å². The second kappa shape index (κ2) is 7.79. The van der Waals surface area contributed by atoms with Crippen molar-refractivity contribution in [2.45, 2.75) is 6.92 Å². The molecule has 0 spiro atoms. The molecule has 0 aliphatic rings. The van der Waals surface area contributed by atoms with Crippen LogP contribution >= 0.6 is 0 Å². The average Bonchev–Trinajstić information content (AvgIpc) is 2.45. The van der Waals surface area contributed by atoms with E-state index in [-0.39, 0.29) is 17.1 Å². The van der Waals surface area contributed by atoms with E-state index in [1.807, 2.05) is 6.92 Å². The predicted octanol–water partition coefficient (Wildman–Crippen LogP) is 2.95. The molecule has 1 rings (SSSR count). The highest BCUT2D eigenvalue weighted by atomic mass is 19.1. The quantitative estimate of drug-likeness (QED) is 0.479. The summed E-state index contributed by atoms with van der Waals surface area (Å²) >= 11 is 0. The number of amidine groups is 1. The van der Waals surface area contributed by atoms with Crippen LogP contribution in [-0.2, 0) is 0 Å². The summed E-state index contributed by atoms with van der Waals surface area (Å²) in [6.45, 7) is 9.79. The van der Waals surface area contributed by atoms with E-state index in [1.54, 1.807) is 18.2 Å². The molecular weight excluding hydrogens is 269 g/mol. The molecule has 0 radical (unpaired) electrons. The second-order valence-corrected chi connectivity index (χ2v) is 4.06. The smallest absolute Gasteiger partial charge is 0.135 e. The van der Waals surface area contributed by atoms with Crippen LogP contribution in [0.25, 0.3) is 0 Å². The minimum atomic E-state index is -0.513. The molecule has 0 bridgehead atoms. The van der Waals surface area contributed by atoms with E-state index in [2.05, 4.69) is 23.1 Å². The molecule has 0 aromatic heterocycles. The summed E-state index contributed by atoms with van der Waals surface area (Å²) in [6, 6.07) is 3.46. The largest absolute Gasteiger partial charge is 0.507 e. The number of nitrogens with two attached hydrogens (primary N) is 1. The first-order chi connectivity index (χ1) is 9.99. The van der Waals surface area contributed by atoms with Crippen molar-refractivity contribution in [2.75, 3.05) is 6.54 Å². The predicted molar refractivity (Wildman–Crippen MR) is 85.2 cm³/mol. The van der Waals surface area contributed by atoms with Gasteiger partial charge in [-0.1, -0.05) is 25.3 Å². The van der Waals surface area contributed by atoms with E-state index >= 15 is 0 Å². The molecule has 21 heavy (non-hydrogen) atoms. The molecule has 0 heterocycles. The standard InChI is InChI=1S/C16H18FN3O/c1-4-6-7-14(19-5-2)11(3)20-16(18)13-10-12(17)8-9-15(13)21/h4,6-10,21H,1,3,5H2,2H3,(H2,18,20)/b7-6-,19-14?. The van der Waals surface area contributed by atoms with Crippen molar-refractivity contribution in [1.82, 2.24) is 0 Å². The Morgan fingerprint density at radius 1 is 1.48 bits per heavy atom. The summed E-state index contributed by atoms with van der Waals surface area (Å²) in [5, 5.41) is 9.69. The molecule has 0 atom stereocenters. The van der Waals surface area contributed by atoms with Gasteiger partial charge in [-0.3, -0.25) is 4.99 Å². The fourth-order valence-corrected chi connectivity index (χ4v) is 1.55. The zero-order chi connectivity index (χ0) is 15.8. The van der Waals surface area contributed by atoms with Crippen LogP contribution < -0.4 is 5.73 Å². The zero-order valence-electron chi connectivity index (χ0n) is 11.9. The summed E-state index contributed by atoms with van der Waals surface area (Å²) in [7, 11) is 0. The van der Waals surface area contributed by atoms with Gasteiger partial charge in [0, 0.05) is 6.54 Å². The molecule has 0 amide bonds. The Hall–Kier alpha value is -2.69. The number of benzene rings is 1. The van der Waals surface area contributed by atoms with Crippen molar-refractivity contribution in [3.8, 4) is 5.75 Å². The second-order valence-electron chi connectivity index (χ2n) is 4.06. The summed E-state index contributed by atoms with van der Waals surface area (Å²) in [5.74, 6) is -0.700. The minimum Gasteiger partial charge on any atom is -0.507 e. The Kier molecular flexibility index (Phi) is 6.07. The monoisotopic (exact) mass is 287 g/mol. The lowest BCUT2D eigenvalue weighted by atomic mass is 10.1. The molecule has 1 aromatic carbocycles.